The Morgan fingerprint density at radius 1 is 1.45 bits per heavy atom. The van der Waals surface area contributed by atoms with Gasteiger partial charge in [0.1, 0.15) is 0 Å². The molecule has 0 heterocycles. The van der Waals surface area contributed by atoms with Crippen LogP contribution >= 0.6 is 11.8 Å². The minimum absolute atomic E-state index is 0. The molecule has 0 unspecified atom stereocenters. The van der Waals surface area contributed by atoms with Crippen molar-refractivity contribution in [2.24, 2.45) is 0 Å². The molecule has 0 atom stereocenters. The van der Waals surface area contributed by atoms with Gasteiger partial charge in [-0.15, -0.1) is 0 Å². The summed E-state index contributed by atoms with van der Waals surface area (Å²) >= 11 is 1.45. The van der Waals surface area contributed by atoms with E-state index in [1.54, 1.807) is 0 Å². The van der Waals surface area contributed by atoms with Crippen LogP contribution in [0.5, 0.6) is 0 Å². The average Bonchev–Trinajstić information content (AvgIpc) is 1.87. The molecule has 0 spiro atoms. The average molecular weight is 172 g/mol. The Morgan fingerprint density at radius 3 is 2.55 bits per heavy atom. The van der Waals surface area contributed by atoms with E-state index in [1.165, 1.54) is 11.8 Å². The summed E-state index contributed by atoms with van der Waals surface area (Å²) in [5, 5.41) is 9.83. The van der Waals surface area contributed by atoms with Crippen LogP contribution in [-0.4, -0.2) is 24.1 Å². The van der Waals surface area contributed by atoms with Crippen LogP contribution in [0.4, 0.5) is 4.39 Å². The molecule has 0 aliphatic carbocycles. The summed E-state index contributed by atoms with van der Waals surface area (Å²) in [7, 11) is 0. The van der Waals surface area contributed by atoms with Gasteiger partial charge in [0.25, 0.3) is 0 Å². The molecular formula is C6H10FLiO2S. The van der Waals surface area contributed by atoms with Gasteiger partial charge in [-0.1, -0.05) is 0 Å². The van der Waals surface area contributed by atoms with E-state index in [0.717, 1.165) is 0 Å². The summed E-state index contributed by atoms with van der Waals surface area (Å²) in [6.07, 6.45) is 0.578. The maximum absolute atomic E-state index is 11.4. The van der Waals surface area contributed by atoms with Gasteiger partial charge in [0.05, 0.1) is 6.67 Å². The molecule has 0 amide bonds. The van der Waals surface area contributed by atoms with Crippen molar-refractivity contribution in [3.05, 3.63) is 0 Å². The first kappa shape index (κ1) is 13.9. The fraction of sp³-hybridized carbons (Fsp3) is 0.833. The maximum Gasteiger partial charge on any atom is 1.00 e. The van der Waals surface area contributed by atoms with Gasteiger partial charge in [-0.05, 0) is 24.3 Å². The molecule has 0 aliphatic heterocycles. The van der Waals surface area contributed by atoms with Crippen LogP contribution in [0.2, 0.25) is 0 Å². The number of thioether (sulfide) groups is 1. The molecule has 0 aromatic heterocycles. The van der Waals surface area contributed by atoms with Crippen LogP contribution in [0.3, 0.4) is 0 Å². The van der Waals surface area contributed by atoms with Crippen LogP contribution in [0.25, 0.3) is 0 Å². The zero-order chi connectivity index (χ0) is 7.82. The van der Waals surface area contributed by atoms with Crippen LogP contribution in [-0.2, 0) is 4.79 Å². The van der Waals surface area contributed by atoms with Crippen molar-refractivity contribution < 1.29 is 33.2 Å². The predicted octanol–water partition coefficient (Wildman–Crippen LogP) is -2.78. The van der Waals surface area contributed by atoms with E-state index in [2.05, 4.69) is 0 Å². The summed E-state index contributed by atoms with van der Waals surface area (Å²) in [5.74, 6) is 0.194. The second kappa shape index (κ2) is 10.3. The second-order valence-corrected chi connectivity index (χ2v) is 3.00. The van der Waals surface area contributed by atoms with E-state index >= 15 is 0 Å². The van der Waals surface area contributed by atoms with Gasteiger partial charge in [-0.25, -0.2) is 0 Å². The molecule has 0 aliphatic rings. The number of carboxylic acid groups (broad SMARTS) is 1. The number of hydrogen-bond acceptors (Lipinski definition) is 3. The molecule has 0 radical (unpaired) electrons. The van der Waals surface area contributed by atoms with Crippen molar-refractivity contribution in [1.82, 2.24) is 0 Å². The molecule has 0 aromatic carbocycles. The SMILES string of the molecule is O=C([O-])CCSCCCF.[Li+]. The Hall–Kier alpha value is 0.347. The van der Waals surface area contributed by atoms with Crippen molar-refractivity contribution in [2.75, 3.05) is 18.2 Å². The van der Waals surface area contributed by atoms with Gasteiger partial charge in [-0.2, -0.15) is 11.8 Å². The summed E-state index contributed by atoms with van der Waals surface area (Å²) in [5.41, 5.74) is 0. The largest absolute Gasteiger partial charge is 1.00 e. The quantitative estimate of drug-likeness (QED) is 0.321. The number of aliphatic carboxylic acids is 1. The Balaban J connectivity index is 0. The monoisotopic (exact) mass is 172 g/mol. The molecule has 0 fully saturated rings. The first-order valence-electron chi connectivity index (χ1n) is 3.11. The van der Waals surface area contributed by atoms with Crippen molar-refractivity contribution in [3.63, 3.8) is 0 Å². The van der Waals surface area contributed by atoms with Crippen LogP contribution in [0, 0.1) is 0 Å². The zero-order valence-corrected chi connectivity index (χ0v) is 7.45. The van der Waals surface area contributed by atoms with E-state index in [1.807, 2.05) is 0 Å². The number of carbonyl (C=O) groups excluding carboxylic acids is 1. The Labute approximate surface area is 82.1 Å². The molecule has 0 bridgehead atoms. The number of alkyl halides is 1. The van der Waals surface area contributed by atoms with Crippen LogP contribution < -0.4 is 24.0 Å². The number of hydrogen-bond donors (Lipinski definition) is 0. The molecule has 0 aromatic rings. The van der Waals surface area contributed by atoms with E-state index in [4.69, 9.17) is 0 Å². The third kappa shape index (κ3) is 13.4. The minimum Gasteiger partial charge on any atom is -0.550 e. The fourth-order valence-corrected chi connectivity index (χ4v) is 1.24. The van der Waals surface area contributed by atoms with Crippen molar-refractivity contribution in [1.29, 1.82) is 0 Å². The van der Waals surface area contributed by atoms with Gasteiger partial charge in [0.15, 0.2) is 0 Å². The van der Waals surface area contributed by atoms with Crippen molar-refractivity contribution >= 4 is 17.7 Å². The van der Waals surface area contributed by atoms with E-state index in [9.17, 15) is 14.3 Å². The first-order valence-corrected chi connectivity index (χ1v) is 4.26. The predicted molar refractivity (Wildman–Crippen MR) is 37.5 cm³/mol. The molecule has 2 nitrogen and oxygen atoms in total. The molecular weight excluding hydrogens is 162 g/mol. The Bertz CT molecular complexity index is 103. The summed E-state index contributed by atoms with van der Waals surface area (Å²) in [6.45, 7) is -0.321. The Kier molecular flexibility index (Phi) is 13.1. The topological polar surface area (TPSA) is 40.1 Å². The van der Waals surface area contributed by atoms with Crippen LogP contribution in [0.15, 0.2) is 0 Å². The molecule has 0 rings (SSSR count). The number of carbonyl (C=O) groups is 1. The smallest absolute Gasteiger partial charge is 0.550 e. The first-order chi connectivity index (χ1) is 4.77. The standard InChI is InChI=1S/C6H11FO2S.Li/c7-3-1-4-10-5-2-6(8)9;/h1-5H2,(H,8,9);/q;+1/p-1. The van der Waals surface area contributed by atoms with E-state index in [0.29, 0.717) is 17.9 Å². The normalized spacial score (nSPS) is 8.82. The zero-order valence-electron chi connectivity index (χ0n) is 6.64. The molecule has 0 saturated carbocycles. The molecule has 11 heavy (non-hydrogen) atoms. The third-order valence-corrected chi connectivity index (χ3v) is 1.94. The fourth-order valence-electron chi connectivity index (χ4n) is 0.414. The molecule has 0 N–H and O–H groups in total. The summed E-state index contributed by atoms with van der Waals surface area (Å²) < 4.78 is 11.4. The maximum atomic E-state index is 11.4. The van der Waals surface area contributed by atoms with Gasteiger partial charge < -0.3 is 9.90 Å². The van der Waals surface area contributed by atoms with Gasteiger partial charge >= 0.3 is 18.9 Å². The van der Waals surface area contributed by atoms with Gasteiger partial charge in [-0.3, -0.25) is 4.39 Å². The molecule has 0 saturated heterocycles. The second-order valence-electron chi connectivity index (χ2n) is 1.78. The van der Waals surface area contributed by atoms with Gasteiger partial charge in [0.2, 0.25) is 0 Å². The Morgan fingerprint density at radius 2 is 2.09 bits per heavy atom. The summed E-state index contributed by atoms with van der Waals surface area (Å²) in [4.78, 5) is 9.83. The summed E-state index contributed by atoms with van der Waals surface area (Å²) in [6, 6.07) is 0. The van der Waals surface area contributed by atoms with Gasteiger partial charge in [0, 0.05) is 5.97 Å². The van der Waals surface area contributed by atoms with Crippen molar-refractivity contribution in [3.8, 4) is 0 Å². The number of rotatable bonds is 6. The number of halogens is 1. The minimum atomic E-state index is -1.03. The van der Waals surface area contributed by atoms with E-state index in [-0.39, 0.29) is 32.0 Å². The van der Waals surface area contributed by atoms with Crippen LogP contribution in [0.1, 0.15) is 12.8 Å². The van der Waals surface area contributed by atoms with E-state index < -0.39 is 5.97 Å². The van der Waals surface area contributed by atoms with Crippen molar-refractivity contribution in [2.45, 2.75) is 12.8 Å². The molecule has 5 heteroatoms. The molecule has 60 valence electrons. The third-order valence-electron chi connectivity index (χ3n) is 0.873. The number of carboxylic acids is 1.